The van der Waals surface area contributed by atoms with Crippen molar-refractivity contribution in [3.05, 3.63) is 59.0 Å². The number of nitriles is 1. The number of aromatic hydroxyl groups is 1. The number of rotatable bonds is 5. The topological polar surface area (TPSA) is 84.5 Å². The van der Waals surface area contributed by atoms with Crippen LogP contribution in [0.15, 0.2) is 36.4 Å². The summed E-state index contributed by atoms with van der Waals surface area (Å²) in [4.78, 5) is 12.5. The Labute approximate surface area is 155 Å². The van der Waals surface area contributed by atoms with Crippen molar-refractivity contribution in [2.24, 2.45) is 7.05 Å². The van der Waals surface area contributed by atoms with Crippen LogP contribution in [0.5, 0.6) is 11.5 Å². The number of carbonyl (C=O) groups is 1. The third-order valence-corrected chi connectivity index (χ3v) is 4.24. The van der Waals surface area contributed by atoms with E-state index < -0.39 is 11.8 Å². The fourth-order valence-electron chi connectivity index (χ4n) is 2.92. The predicted octanol–water partition coefficient (Wildman–Crippen LogP) is 3.65. The number of halogens is 1. The summed E-state index contributed by atoms with van der Waals surface area (Å²) in [5.41, 5.74) is 1.30. The quantitative estimate of drug-likeness (QED) is 0.695. The summed E-state index contributed by atoms with van der Waals surface area (Å²) in [5.74, 6) is -1.28. The van der Waals surface area contributed by atoms with Gasteiger partial charge in [-0.2, -0.15) is 5.26 Å². The van der Waals surface area contributed by atoms with Gasteiger partial charge in [0, 0.05) is 12.4 Å². The van der Waals surface area contributed by atoms with Crippen LogP contribution in [0.25, 0.3) is 10.9 Å². The molecule has 0 amide bonds. The summed E-state index contributed by atoms with van der Waals surface area (Å²) < 4.78 is 26.2. The molecule has 6 nitrogen and oxygen atoms in total. The van der Waals surface area contributed by atoms with Gasteiger partial charge in [-0.1, -0.05) is 12.1 Å². The van der Waals surface area contributed by atoms with E-state index in [1.54, 1.807) is 30.7 Å². The predicted molar refractivity (Wildman–Crippen MR) is 96.0 cm³/mol. The van der Waals surface area contributed by atoms with Crippen molar-refractivity contribution < 1.29 is 23.8 Å². The van der Waals surface area contributed by atoms with E-state index in [2.05, 4.69) is 0 Å². The summed E-state index contributed by atoms with van der Waals surface area (Å²) >= 11 is 0. The van der Waals surface area contributed by atoms with E-state index in [1.807, 2.05) is 6.07 Å². The molecule has 0 bridgehead atoms. The second-order valence-electron chi connectivity index (χ2n) is 5.82. The smallest absolute Gasteiger partial charge is 0.340 e. The van der Waals surface area contributed by atoms with Gasteiger partial charge in [0.2, 0.25) is 0 Å². The van der Waals surface area contributed by atoms with Crippen molar-refractivity contribution in [3.63, 3.8) is 0 Å². The molecule has 0 spiro atoms. The minimum atomic E-state index is -0.584. The summed E-state index contributed by atoms with van der Waals surface area (Å²) in [6.07, 6.45) is 0. The van der Waals surface area contributed by atoms with Crippen LogP contribution < -0.4 is 4.74 Å². The Morgan fingerprint density at radius 2 is 2.07 bits per heavy atom. The number of fused-ring (bicyclic) bond motifs is 1. The van der Waals surface area contributed by atoms with E-state index in [4.69, 9.17) is 14.7 Å². The minimum absolute atomic E-state index is 0.0538. The Bertz CT molecular complexity index is 1070. The monoisotopic (exact) mass is 368 g/mol. The van der Waals surface area contributed by atoms with Crippen molar-refractivity contribution >= 4 is 16.9 Å². The van der Waals surface area contributed by atoms with Gasteiger partial charge in [0.25, 0.3) is 0 Å². The molecule has 0 radical (unpaired) electrons. The number of para-hydroxylation sites is 1. The first-order valence-corrected chi connectivity index (χ1v) is 8.26. The highest BCUT2D eigenvalue weighted by atomic mass is 19.1. The first-order valence-electron chi connectivity index (χ1n) is 8.26. The number of nitrogens with zero attached hydrogens (tertiary/aromatic N) is 2. The lowest BCUT2D eigenvalue weighted by atomic mass is 10.1. The normalized spacial score (nSPS) is 10.6. The first-order chi connectivity index (χ1) is 13.0. The SMILES string of the molecule is CCOC(=O)c1c(COc2ccccc2F)n(C)c2cc(C#N)c(O)cc12. The van der Waals surface area contributed by atoms with Gasteiger partial charge in [0.05, 0.1) is 28.9 Å². The van der Waals surface area contributed by atoms with E-state index in [9.17, 15) is 14.3 Å². The molecule has 0 aliphatic carbocycles. The molecule has 1 heterocycles. The van der Waals surface area contributed by atoms with Gasteiger partial charge < -0.3 is 19.1 Å². The van der Waals surface area contributed by atoms with Crippen LogP contribution in [-0.2, 0) is 18.4 Å². The number of carbonyl (C=O) groups excluding carboxylic acids is 1. The Morgan fingerprint density at radius 3 is 2.74 bits per heavy atom. The second-order valence-corrected chi connectivity index (χ2v) is 5.82. The van der Waals surface area contributed by atoms with Gasteiger partial charge >= 0.3 is 5.97 Å². The highest BCUT2D eigenvalue weighted by Crippen LogP contribution is 2.32. The second kappa shape index (κ2) is 7.38. The maximum absolute atomic E-state index is 13.8. The van der Waals surface area contributed by atoms with E-state index in [-0.39, 0.29) is 35.8 Å². The van der Waals surface area contributed by atoms with Gasteiger partial charge in [-0.05, 0) is 31.2 Å². The van der Waals surface area contributed by atoms with Gasteiger partial charge in [-0.25, -0.2) is 9.18 Å². The molecule has 0 aliphatic rings. The fraction of sp³-hybridized carbons (Fsp3) is 0.200. The highest BCUT2D eigenvalue weighted by molar-refractivity contribution is 6.06. The van der Waals surface area contributed by atoms with Gasteiger partial charge in [0.1, 0.15) is 18.4 Å². The molecule has 0 fully saturated rings. The average Bonchev–Trinajstić information content (AvgIpc) is 2.91. The number of phenolic OH excluding ortho intramolecular Hbond substituents is 1. The maximum Gasteiger partial charge on any atom is 0.340 e. The third-order valence-electron chi connectivity index (χ3n) is 4.24. The van der Waals surface area contributed by atoms with E-state index in [1.165, 1.54) is 24.3 Å². The first kappa shape index (κ1) is 18.3. The van der Waals surface area contributed by atoms with Crippen molar-refractivity contribution in [3.8, 4) is 17.6 Å². The molecule has 3 rings (SSSR count). The Morgan fingerprint density at radius 1 is 1.33 bits per heavy atom. The van der Waals surface area contributed by atoms with E-state index in [0.717, 1.165) is 0 Å². The molecule has 0 aliphatic heterocycles. The van der Waals surface area contributed by atoms with Gasteiger partial charge in [-0.3, -0.25) is 0 Å². The van der Waals surface area contributed by atoms with Crippen molar-refractivity contribution in [2.45, 2.75) is 13.5 Å². The Balaban J connectivity index is 2.13. The molecular formula is C20H17FN2O4. The number of hydrogen-bond donors (Lipinski definition) is 1. The molecule has 0 saturated carbocycles. The van der Waals surface area contributed by atoms with E-state index in [0.29, 0.717) is 16.6 Å². The van der Waals surface area contributed by atoms with Crippen LogP contribution >= 0.6 is 0 Å². The van der Waals surface area contributed by atoms with Gasteiger partial charge in [-0.15, -0.1) is 0 Å². The third kappa shape index (κ3) is 3.29. The molecule has 0 atom stereocenters. The zero-order valence-corrected chi connectivity index (χ0v) is 14.8. The number of benzene rings is 2. The van der Waals surface area contributed by atoms with Crippen molar-refractivity contribution in [2.75, 3.05) is 6.61 Å². The van der Waals surface area contributed by atoms with Crippen LogP contribution in [0.2, 0.25) is 0 Å². The number of ether oxygens (including phenoxy) is 2. The molecule has 2 aromatic carbocycles. The largest absolute Gasteiger partial charge is 0.507 e. The van der Waals surface area contributed by atoms with Crippen LogP contribution in [-0.4, -0.2) is 22.2 Å². The molecule has 7 heteroatoms. The molecule has 0 saturated heterocycles. The summed E-state index contributed by atoms with van der Waals surface area (Å²) in [5, 5.41) is 19.6. The van der Waals surface area contributed by atoms with Crippen LogP contribution in [0.1, 0.15) is 28.5 Å². The van der Waals surface area contributed by atoms with Crippen molar-refractivity contribution in [1.82, 2.24) is 4.57 Å². The Hall–Kier alpha value is -3.53. The fourth-order valence-corrected chi connectivity index (χ4v) is 2.92. The van der Waals surface area contributed by atoms with Gasteiger partial charge in [0.15, 0.2) is 11.6 Å². The molecule has 138 valence electrons. The molecule has 1 N–H and O–H groups in total. The minimum Gasteiger partial charge on any atom is -0.507 e. The molecule has 3 aromatic rings. The standard InChI is InChI=1S/C20H17FN2O4/c1-3-26-20(25)19-13-9-17(24)12(10-22)8-15(13)23(2)16(19)11-27-18-7-5-4-6-14(18)21/h4-9,24H,3,11H2,1-2H3. The number of phenols is 1. The highest BCUT2D eigenvalue weighted by Gasteiger charge is 2.24. The lowest BCUT2D eigenvalue weighted by Crippen LogP contribution is -2.11. The van der Waals surface area contributed by atoms with E-state index >= 15 is 0 Å². The zero-order chi connectivity index (χ0) is 19.6. The average molecular weight is 368 g/mol. The van der Waals surface area contributed by atoms with Crippen molar-refractivity contribution in [1.29, 1.82) is 5.26 Å². The summed E-state index contributed by atoms with van der Waals surface area (Å²) in [6.45, 7) is 1.76. The number of esters is 1. The number of aromatic nitrogens is 1. The lowest BCUT2D eigenvalue weighted by molar-refractivity contribution is 0.0525. The van der Waals surface area contributed by atoms with Crippen LogP contribution in [0, 0.1) is 17.1 Å². The molecule has 0 unspecified atom stereocenters. The number of aryl methyl sites for hydroxylation is 1. The molecule has 1 aromatic heterocycles. The zero-order valence-electron chi connectivity index (χ0n) is 14.8. The molecular weight excluding hydrogens is 351 g/mol. The number of hydrogen-bond acceptors (Lipinski definition) is 5. The Kier molecular flexibility index (Phi) is 4.99. The maximum atomic E-state index is 13.8. The van der Waals surface area contributed by atoms with Crippen LogP contribution in [0.3, 0.4) is 0 Å². The summed E-state index contributed by atoms with van der Waals surface area (Å²) in [6, 6.07) is 10.7. The summed E-state index contributed by atoms with van der Waals surface area (Å²) in [7, 11) is 1.70. The molecule has 27 heavy (non-hydrogen) atoms. The van der Waals surface area contributed by atoms with Crippen LogP contribution in [0.4, 0.5) is 4.39 Å². The lowest BCUT2D eigenvalue weighted by Gasteiger charge is -2.10.